The van der Waals surface area contributed by atoms with Crippen LogP contribution >= 0.6 is 11.6 Å². The maximum Gasteiger partial charge on any atom is 0.271 e. The molecule has 2 heterocycles. The van der Waals surface area contributed by atoms with E-state index in [1.54, 1.807) is 0 Å². The number of nitrogens with zero attached hydrogens (tertiary/aromatic N) is 1. The smallest absolute Gasteiger partial charge is 0.271 e. The van der Waals surface area contributed by atoms with Crippen LogP contribution in [0.2, 0.25) is 5.02 Å². The predicted molar refractivity (Wildman–Crippen MR) is 98.4 cm³/mol. The summed E-state index contributed by atoms with van der Waals surface area (Å²) in [5.74, 6) is -2.14. The second-order valence-electron chi connectivity index (χ2n) is 6.33. The van der Waals surface area contributed by atoms with Crippen LogP contribution in [0.1, 0.15) is 27.4 Å². The molecule has 0 saturated heterocycles. The van der Waals surface area contributed by atoms with Crippen molar-refractivity contribution < 1.29 is 34.3 Å². The Balaban J connectivity index is 1.96. The first kappa shape index (κ1) is 20.5. The Hall–Kier alpha value is -3.28. The highest BCUT2D eigenvalue weighted by molar-refractivity contribution is 6.32. The SMILES string of the molecule is NC(=O)c1noc(CCc2cc(Cl)c(O)cc2O)c1C1=CC(CO)(C(N)=O)NO1. The highest BCUT2D eigenvalue weighted by Crippen LogP contribution is 2.34. The fraction of sp³-hybridized carbons (Fsp3) is 0.235. The van der Waals surface area contributed by atoms with Crippen LogP contribution in [0.4, 0.5) is 0 Å². The van der Waals surface area contributed by atoms with E-state index < -0.39 is 24.0 Å². The standard InChI is InChI=1S/C17H17ClN4O7/c18-8-3-7(9(24)4-10(8)25)1-2-11-13(14(15(19)26)21-28-11)12-5-17(6-23,16(20)27)22-29-12/h3-5,22-25H,1-2,6H2,(H2,19,26)(H2,20,27). The Morgan fingerprint density at radius 1 is 1.21 bits per heavy atom. The average Bonchev–Trinajstić information content (AvgIpc) is 3.28. The summed E-state index contributed by atoms with van der Waals surface area (Å²) in [6, 6.07) is 2.48. The van der Waals surface area contributed by atoms with E-state index in [-0.39, 0.29) is 52.1 Å². The third-order valence-electron chi connectivity index (χ3n) is 4.42. The third-order valence-corrected chi connectivity index (χ3v) is 4.72. The van der Waals surface area contributed by atoms with E-state index in [9.17, 15) is 24.9 Å². The molecule has 29 heavy (non-hydrogen) atoms. The molecule has 154 valence electrons. The summed E-state index contributed by atoms with van der Waals surface area (Å²) in [5, 5.41) is 32.7. The number of aryl methyl sites for hydroxylation is 2. The number of nitrogens with one attached hydrogen (secondary N) is 1. The van der Waals surface area contributed by atoms with Gasteiger partial charge in [-0.3, -0.25) is 9.59 Å². The van der Waals surface area contributed by atoms with Crippen molar-refractivity contribution in [2.45, 2.75) is 18.4 Å². The number of aromatic hydroxyl groups is 2. The van der Waals surface area contributed by atoms with Crippen LogP contribution in [-0.4, -0.2) is 44.4 Å². The molecule has 0 saturated carbocycles. The summed E-state index contributed by atoms with van der Waals surface area (Å²) >= 11 is 5.86. The molecule has 2 amide bonds. The van der Waals surface area contributed by atoms with Gasteiger partial charge in [0.15, 0.2) is 17.0 Å². The molecular formula is C17H17ClN4O7. The van der Waals surface area contributed by atoms with Gasteiger partial charge in [0, 0.05) is 12.5 Å². The minimum atomic E-state index is -1.69. The van der Waals surface area contributed by atoms with Gasteiger partial charge in [0.2, 0.25) is 5.91 Å². The summed E-state index contributed by atoms with van der Waals surface area (Å²) in [4.78, 5) is 28.6. The number of benzene rings is 1. The lowest BCUT2D eigenvalue weighted by molar-refractivity contribution is -0.126. The van der Waals surface area contributed by atoms with Gasteiger partial charge in [0.05, 0.1) is 17.2 Å². The molecule has 12 heteroatoms. The maximum atomic E-state index is 11.7. The van der Waals surface area contributed by atoms with Gasteiger partial charge in [-0.15, -0.1) is 5.48 Å². The average molecular weight is 425 g/mol. The number of primary amides is 2. The van der Waals surface area contributed by atoms with E-state index in [0.29, 0.717) is 5.56 Å². The van der Waals surface area contributed by atoms with Crippen LogP contribution in [0.3, 0.4) is 0 Å². The van der Waals surface area contributed by atoms with Crippen molar-refractivity contribution in [1.82, 2.24) is 10.6 Å². The number of hydrogen-bond donors (Lipinski definition) is 6. The molecule has 2 aromatic rings. The van der Waals surface area contributed by atoms with E-state index in [0.717, 1.165) is 6.07 Å². The Morgan fingerprint density at radius 3 is 2.52 bits per heavy atom. The van der Waals surface area contributed by atoms with Crippen LogP contribution < -0.4 is 16.9 Å². The molecule has 1 atom stereocenters. The summed E-state index contributed by atoms with van der Waals surface area (Å²) in [6.07, 6.45) is 1.51. The number of phenols is 2. The second kappa shape index (κ2) is 7.62. The third kappa shape index (κ3) is 3.70. The van der Waals surface area contributed by atoms with Crippen molar-refractivity contribution in [2.24, 2.45) is 11.5 Å². The second-order valence-corrected chi connectivity index (χ2v) is 6.74. The molecule has 0 spiro atoms. The van der Waals surface area contributed by atoms with Gasteiger partial charge in [0.1, 0.15) is 17.3 Å². The number of aromatic nitrogens is 1. The Morgan fingerprint density at radius 2 is 1.93 bits per heavy atom. The number of carbonyl (C=O) groups excluding carboxylic acids is 2. The minimum absolute atomic E-state index is 0.0316. The maximum absolute atomic E-state index is 11.7. The Bertz CT molecular complexity index is 1020. The highest BCUT2D eigenvalue weighted by atomic mass is 35.5. The van der Waals surface area contributed by atoms with Gasteiger partial charge in [-0.05, 0) is 24.1 Å². The number of phenolic OH excluding ortho intramolecular Hbond substituents is 2. The first-order chi connectivity index (χ1) is 13.7. The first-order valence-corrected chi connectivity index (χ1v) is 8.63. The number of rotatable bonds is 7. The predicted octanol–water partition coefficient (Wildman–Crippen LogP) is -0.285. The molecule has 0 fully saturated rings. The van der Waals surface area contributed by atoms with Gasteiger partial charge >= 0.3 is 0 Å². The number of hydrogen-bond acceptors (Lipinski definition) is 9. The molecule has 11 nitrogen and oxygen atoms in total. The van der Waals surface area contributed by atoms with Gasteiger partial charge in [-0.2, -0.15) is 0 Å². The summed E-state index contributed by atoms with van der Waals surface area (Å²) in [6.45, 7) is -0.696. The van der Waals surface area contributed by atoms with Crippen molar-refractivity contribution in [3.63, 3.8) is 0 Å². The van der Waals surface area contributed by atoms with E-state index >= 15 is 0 Å². The van der Waals surface area contributed by atoms with E-state index in [1.165, 1.54) is 12.1 Å². The van der Waals surface area contributed by atoms with Crippen LogP contribution in [0.15, 0.2) is 22.7 Å². The largest absolute Gasteiger partial charge is 0.508 e. The lowest BCUT2D eigenvalue weighted by Crippen LogP contribution is -2.53. The number of hydroxylamine groups is 1. The minimum Gasteiger partial charge on any atom is -0.508 e. The topological polar surface area (TPSA) is 194 Å². The van der Waals surface area contributed by atoms with Gasteiger partial charge < -0.3 is 36.1 Å². The molecule has 3 rings (SSSR count). The number of aliphatic hydroxyl groups is 1. The van der Waals surface area contributed by atoms with Crippen molar-refractivity contribution >= 4 is 29.2 Å². The van der Waals surface area contributed by atoms with Gasteiger partial charge in [0.25, 0.3) is 5.91 Å². The van der Waals surface area contributed by atoms with E-state index in [1.807, 2.05) is 0 Å². The summed E-state index contributed by atoms with van der Waals surface area (Å²) in [7, 11) is 0. The van der Waals surface area contributed by atoms with E-state index in [4.69, 9.17) is 32.4 Å². The molecule has 0 radical (unpaired) electrons. The van der Waals surface area contributed by atoms with Crippen molar-refractivity contribution in [2.75, 3.05) is 6.61 Å². The number of halogens is 1. The lowest BCUT2D eigenvalue weighted by Gasteiger charge is -2.18. The molecule has 0 bridgehead atoms. The summed E-state index contributed by atoms with van der Waals surface area (Å²) < 4.78 is 5.21. The van der Waals surface area contributed by atoms with Crippen molar-refractivity contribution in [3.05, 3.63) is 45.8 Å². The Kier molecular flexibility index (Phi) is 5.38. The van der Waals surface area contributed by atoms with Crippen LogP contribution in [0.5, 0.6) is 11.5 Å². The Labute approximate surface area is 168 Å². The van der Waals surface area contributed by atoms with Crippen molar-refractivity contribution in [3.8, 4) is 11.5 Å². The van der Waals surface area contributed by atoms with Crippen LogP contribution in [0, 0.1) is 0 Å². The fourth-order valence-corrected chi connectivity index (χ4v) is 2.97. The molecule has 1 aliphatic heterocycles. The van der Waals surface area contributed by atoms with Gasteiger partial charge in [-0.1, -0.05) is 16.8 Å². The molecule has 1 aliphatic rings. The first-order valence-electron chi connectivity index (χ1n) is 8.25. The number of aliphatic hydroxyl groups excluding tert-OH is 1. The molecule has 1 aromatic carbocycles. The molecule has 8 N–H and O–H groups in total. The van der Waals surface area contributed by atoms with E-state index in [2.05, 4.69) is 10.6 Å². The van der Waals surface area contributed by atoms with Crippen LogP contribution in [-0.2, 0) is 22.5 Å². The number of carbonyl (C=O) groups is 2. The van der Waals surface area contributed by atoms with Gasteiger partial charge in [-0.25, -0.2) is 0 Å². The zero-order valence-corrected chi connectivity index (χ0v) is 15.6. The highest BCUT2D eigenvalue weighted by Gasteiger charge is 2.42. The fourth-order valence-electron chi connectivity index (χ4n) is 2.79. The van der Waals surface area contributed by atoms with Crippen molar-refractivity contribution in [1.29, 1.82) is 0 Å². The number of nitrogens with two attached hydrogens (primary N) is 2. The molecule has 1 unspecified atom stereocenters. The lowest BCUT2D eigenvalue weighted by atomic mass is 9.97. The number of amides is 2. The molecule has 0 aliphatic carbocycles. The quantitative estimate of drug-likeness (QED) is 0.346. The van der Waals surface area contributed by atoms with Crippen LogP contribution in [0.25, 0.3) is 5.76 Å². The monoisotopic (exact) mass is 424 g/mol. The molecule has 1 aromatic heterocycles. The zero-order valence-electron chi connectivity index (χ0n) is 14.8. The zero-order chi connectivity index (χ0) is 21.3. The normalized spacial score (nSPS) is 18.3. The molecular weight excluding hydrogens is 408 g/mol. The summed E-state index contributed by atoms with van der Waals surface area (Å²) in [5.41, 5.74) is 11.5.